The molecule has 0 aliphatic rings. The van der Waals surface area contributed by atoms with Crippen molar-refractivity contribution >= 4 is 35.5 Å². The molecule has 1 aromatic carbocycles. The Morgan fingerprint density at radius 1 is 1.17 bits per heavy atom. The van der Waals surface area contributed by atoms with Crippen LogP contribution in [0.2, 0.25) is 24.7 Å². The molecule has 1 aromatic heterocycles. The third kappa shape index (κ3) is 2.84. The Hall–Kier alpha value is -0.643. The van der Waals surface area contributed by atoms with Gasteiger partial charge in [0.25, 0.3) is 0 Å². The zero-order chi connectivity index (χ0) is 13.3. The monoisotopic (exact) mass is 295 g/mol. The molecule has 0 radical (unpaired) electrons. The van der Waals surface area contributed by atoms with Crippen molar-refractivity contribution < 1.29 is 0 Å². The molecule has 0 fully saturated rings. The lowest BCUT2D eigenvalue weighted by Gasteiger charge is -2.15. The zero-order valence-corrected chi connectivity index (χ0v) is 13.8. The molecule has 0 saturated heterocycles. The Labute approximate surface area is 119 Å². The highest BCUT2D eigenvalue weighted by Crippen LogP contribution is 2.25. The van der Waals surface area contributed by atoms with Crippen molar-refractivity contribution in [2.75, 3.05) is 0 Å². The molecule has 18 heavy (non-hydrogen) atoms. The molecule has 4 heteroatoms. The van der Waals surface area contributed by atoms with Crippen LogP contribution in [0.15, 0.2) is 24.3 Å². The largest absolute Gasteiger partial charge is 0.241 e. The summed E-state index contributed by atoms with van der Waals surface area (Å²) >= 11 is 7.84. The minimum atomic E-state index is -1.35. The molecule has 0 atom stereocenters. The molecule has 0 aliphatic carbocycles. The molecule has 0 N–H and O–H groups in total. The van der Waals surface area contributed by atoms with Gasteiger partial charge in [-0.1, -0.05) is 50.3 Å². The van der Waals surface area contributed by atoms with Crippen LogP contribution >= 0.6 is 22.9 Å². The summed E-state index contributed by atoms with van der Waals surface area (Å²) in [7, 11) is -1.35. The lowest BCUT2D eigenvalue weighted by atomic mass is 10.2. The molecule has 96 valence electrons. The lowest BCUT2D eigenvalue weighted by Crippen LogP contribution is -2.36. The van der Waals surface area contributed by atoms with Gasteiger partial charge in [-0.2, -0.15) is 0 Å². The van der Waals surface area contributed by atoms with Crippen LogP contribution < -0.4 is 4.50 Å². The molecule has 0 spiro atoms. The lowest BCUT2D eigenvalue weighted by molar-refractivity contribution is 1.10. The van der Waals surface area contributed by atoms with E-state index in [9.17, 15) is 0 Å². The second-order valence-electron chi connectivity index (χ2n) is 5.40. The van der Waals surface area contributed by atoms with Crippen LogP contribution in [0.3, 0.4) is 0 Å². The average molecular weight is 296 g/mol. The highest BCUT2D eigenvalue weighted by molar-refractivity contribution is 7.27. The van der Waals surface area contributed by atoms with E-state index in [1.54, 1.807) is 0 Å². The van der Waals surface area contributed by atoms with Crippen molar-refractivity contribution in [3.05, 3.63) is 34.3 Å². The van der Waals surface area contributed by atoms with Crippen molar-refractivity contribution in [1.29, 1.82) is 0 Å². The van der Waals surface area contributed by atoms with E-state index in [0.717, 1.165) is 11.4 Å². The molecule has 0 aliphatic heterocycles. The predicted octanol–water partition coefficient (Wildman–Crippen LogP) is 4.57. The van der Waals surface area contributed by atoms with Crippen LogP contribution in [0, 0.1) is 0 Å². The first-order valence-corrected chi connectivity index (χ1v) is 10.9. The molecule has 1 nitrogen and oxygen atoms in total. The van der Waals surface area contributed by atoms with Crippen LogP contribution in [0.25, 0.3) is 11.3 Å². The van der Waals surface area contributed by atoms with Crippen LogP contribution in [0.4, 0.5) is 0 Å². The van der Waals surface area contributed by atoms with Gasteiger partial charge in [0.2, 0.25) is 0 Å². The molecule has 0 bridgehead atoms. The summed E-state index contributed by atoms with van der Waals surface area (Å²) in [5.74, 6) is 0. The summed E-state index contributed by atoms with van der Waals surface area (Å²) in [5.41, 5.74) is 2.36. The van der Waals surface area contributed by atoms with Crippen LogP contribution in [-0.2, 0) is 6.42 Å². The van der Waals surface area contributed by atoms with Gasteiger partial charge < -0.3 is 0 Å². The smallest absolute Gasteiger partial charge is 0.0933 e. The van der Waals surface area contributed by atoms with Crippen LogP contribution in [-0.4, -0.2) is 13.1 Å². The number of aromatic nitrogens is 1. The van der Waals surface area contributed by atoms with Gasteiger partial charge in [-0.25, -0.2) is 4.98 Å². The second-order valence-corrected chi connectivity index (χ2v) is 12.3. The van der Waals surface area contributed by atoms with Crippen molar-refractivity contribution in [2.45, 2.75) is 33.0 Å². The Bertz CT molecular complexity index is 540. The summed E-state index contributed by atoms with van der Waals surface area (Å²) in [6.45, 7) is 9.29. The van der Waals surface area contributed by atoms with E-state index < -0.39 is 8.07 Å². The summed E-state index contributed by atoms with van der Waals surface area (Å²) in [5, 5.41) is 2.01. The molecular weight excluding hydrogens is 278 g/mol. The molecule has 2 aromatic rings. The van der Waals surface area contributed by atoms with Crippen LogP contribution in [0.1, 0.15) is 11.9 Å². The quantitative estimate of drug-likeness (QED) is 0.756. The number of rotatable bonds is 3. The number of thiazole rings is 1. The van der Waals surface area contributed by atoms with Gasteiger partial charge in [-0.15, -0.1) is 11.3 Å². The standard InChI is InChI=1S/C14H18ClNSSi/c1-5-12-16-13(14(17-12)18(2,3)4)10-6-8-11(15)9-7-10/h6-9H,5H2,1-4H3. The summed E-state index contributed by atoms with van der Waals surface area (Å²) < 4.78 is 1.49. The van der Waals surface area contributed by atoms with E-state index in [1.807, 2.05) is 23.5 Å². The van der Waals surface area contributed by atoms with Crippen LogP contribution in [0.5, 0.6) is 0 Å². The number of hydrogen-bond acceptors (Lipinski definition) is 2. The minimum Gasteiger partial charge on any atom is -0.241 e. The van der Waals surface area contributed by atoms with Crippen molar-refractivity contribution in [3.8, 4) is 11.3 Å². The van der Waals surface area contributed by atoms with Gasteiger partial charge >= 0.3 is 0 Å². The molecule has 0 amide bonds. The van der Waals surface area contributed by atoms with Gasteiger partial charge in [0, 0.05) is 15.1 Å². The van der Waals surface area contributed by atoms with Gasteiger partial charge in [-0.3, -0.25) is 0 Å². The van der Waals surface area contributed by atoms with E-state index in [-0.39, 0.29) is 0 Å². The highest BCUT2D eigenvalue weighted by atomic mass is 35.5. The zero-order valence-electron chi connectivity index (χ0n) is 11.2. The fraction of sp³-hybridized carbons (Fsp3) is 0.357. The topological polar surface area (TPSA) is 12.9 Å². The first-order chi connectivity index (χ1) is 8.41. The Balaban J connectivity index is 2.55. The first-order valence-electron chi connectivity index (χ1n) is 6.18. The summed E-state index contributed by atoms with van der Waals surface area (Å²) in [6, 6.07) is 8.02. The average Bonchev–Trinajstić information content (AvgIpc) is 2.74. The van der Waals surface area contributed by atoms with E-state index >= 15 is 0 Å². The van der Waals surface area contributed by atoms with Crippen molar-refractivity contribution in [3.63, 3.8) is 0 Å². The fourth-order valence-corrected chi connectivity index (χ4v) is 5.22. The number of benzene rings is 1. The normalized spacial score (nSPS) is 11.8. The van der Waals surface area contributed by atoms with Gasteiger partial charge in [-0.05, 0) is 18.6 Å². The van der Waals surface area contributed by atoms with Gasteiger partial charge in [0.15, 0.2) is 0 Å². The second kappa shape index (κ2) is 5.15. The number of aryl methyl sites for hydroxylation is 1. The Morgan fingerprint density at radius 3 is 2.28 bits per heavy atom. The maximum absolute atomic E-state index is 5.95. The third-order valence-corrected chi connectivity index (χ3v) is 7.78. The van der Waals surface area contributed by atoms with Gasteiger partial charge in [0.05, 0.1) is 18.8 Å². The maximum atomic E-state index is 5.95. The molecule has 2 rings (SSSR count). The Morgan fingerprint density at radius 2 is 1.78 bits per heavy atom. The van der Waals surface area contributed by atoms with Gasteiger partial charge in [0.1, 0.15) is 0 Å². The highest BCUT2D eigenvalue weighted by Gasteiger charge is 2.25. The molecular formula is C14H18ClNSSi. The molecule has 0 saturated carbocycles. The number of nitrogens with zero attached hydrogens (tertiary/aromatic N) is 1. The van der Waals surface area contributed by atoms with Crippen molar-refractivity contribution in [2.24, 2.45) is 0 Å². The Kier molecular flexibility index (Phi) is 3.95. The van der Waals surface area contributed by atoms with Crippen molar-refractivity contribution in [1.82, 2.24) is 4.98 Å². The number of halogens is 1. The predicted molar refractivity (Wildman–Crippen MR) is 84.9 cm³/mol. The van der Waals surface area contributed by atoms with E-state index in [1.165, 1.54) is 20.8 Å². The fourth-order valence-electron chi connectivity index (χ4n) is 1.83. The number of hydrogen-bond donors (Lipinski definition) is 0. The van der Waals surface area contributed by atoms with E-state index in [2.05, 4.69) is 38.7 Å². The SMILES string of the molecule is CCc1nc(-c2ccc(Cl)cc2)c([Si](C)(C)C)s1. The summed E-state index contributed by atoms with van der Waals surface area (Å²) in [6.07, 6.45) is 1.01. The molecule has 1 heterocycles. The summed E-state index contributed by atoms with van der Waals surface area (Å²) in [4.78, 5) is 4.81. The minimum absolute atomic E-state index is 0.777. The maximum Gasteiger partial charge on any atom is 0.0933 e. The first kappa shape index (κ1) is 13.8. The third-order valence-electron chi connectivity index (χ3n) is 2.77. The van der Waals surface area contributed by atoms with E-state index in [4.69, 9.17) is 16.6 Å². The van der Waals surface area contributed by atoms with E-state index in [0.29, 0.717) is 0 Å². The molecule has 0 unspecified atom stereocenters.